The zero-order valence-electron chi connectivity index (χ0n) is 15.0. The van der Waals surface area contributed by atoms with Crippen LogP contribution in [0, 0.1) is 10.1 Å². The summed E-state index contributed by atoms with van der Waals surface area (Å²) in [7, 11) is -1.94. The van der Waals surface area contributed by atoms with Crippen molar-refractivity contribution in [2.45, 2.75) is 43.0 Å². The maximum absolute atomic E-state index is 13.2. The number of ether oxygens (including phenoxy) is 1. The van der Waals surface area contributed by atoms with E-state index in [0.717, 1.165) is 25.7 Å². The fourth-order valence-corrected chi connectivity index (χ4v) is 5.36. The molecule has 8 nitrogen and oxygen atoms in total. The number of benzene rings is 1. The number of morpholine rings is 1. The van der Waals surface area contributed by atoms with E-state index in [1.54, 1.807) is 6.07 Å². The Hall–Kier alpha value is -1.71. The molecule has 0 atom stereocenters. The van der Waals surface area contributed by atoms with Gasteiger partial charge in [0, 0.05) is 38.3 Å². The van der Waals surface area contributed by atoms with E-state index in [4.69, 9.17) is 4.74 Å². The first-order valence-corrected chi connectivity index (χ1v) is 10.4. The molecule has 0 N–H and O–H groups in total. The molecule has 1 aliphatic carbocycles. The molecule has 1 saturated carbocycles. The number of non-ortho nitro benzene ring substituents is 1. The van der Waals surface area contributed by atoms with Crippen LogP contribution in [0.1, 0.15) is 32.1 Å². The summed E-state index contributed by atoms with van der Waals surface area (Å²) >= 11 is 0. The number of nitro groups is 1. The van der Waals surface area contributed by atoms with Crippen molar-refractivity contribution in [1.29, 1.82) is 0 Å². The van der Waals surface area contributed by atoms with E-state index in [-0.39, 0.29) is 29.7 Å². The van der Waals surface area contributed by atoms with Crippen molar-refractivity contribution in [3.05, 3.63) is 28.3 Å². The molecule has 1 saturated heterocycles. The first-order valence-electron chi connectivity index (χ1n) is 9.00. The Bertz CT molecular complexity index is 756. The summed E-state index contributed by atoms with van der Waals surface area (Å²) < 4.78 is 33.0. The van der Waals surface area contributed by atoms with Gasteiger partial charge in [-0.25, -0.2) is 8.42 Å². The highest BCUT2D eigenvalue weighted by molar-refractivity contribution is 7.89. The van der Waals surface area contributed by atoms with Gasteiger partial charge in [-0.1, -0.05) is 19.3 Å². The number of sulfonamides is 1. The lowest BCUT2D eigenvalue weighted by Gasteiger charge is -2.35. The van der Waals surface area contributed by atoms with Gasteiger partial charge in [-0.15, -0.1) is 0 Å². The Labute approximate surface area is 153 Å². The van der Waals surface area contributed by atoms with Crippen LogP contribution in [-0.2, 0) is 14.8 Å². The smallest absolute Gasteiger partial charge is 0.270 e. The van der Waals surface area contributed by atoms with E-state index in [2.05, 4.69) is 0 Å². The molecule has 1 aromatic rings. The fraction of sp³-hybridized carbons (Fsp3) is 0.647. The molecule has 0 radical (unpaired) electrons. The molecular weight excluding hydrogens is 358 g/mol. The number of nitro benzene ring substituents is 1. The highest BCUT2D eigenvalue weighted by Gasteiger charge is 2.32. The van der Waals surface area contributed by atoms with Crippen molar-refractivity contribution in [3.8, 4) is 0 Å². The monoisotopic (exact) mass is 383 g/mol. The lowest BCUT2D eigenvalue weighted by molar-refractivity contribution is -0.385. The molecule has 0 spiro atoms. The first kappa shape index (κ1) is 19.1. The largest absolute Gasteiger partial charge is 0.379 e. The lowest BCUT2D eigenvalue weighted by atomic mass is 9.94. The van der Waals surface area contributed by atoms with Crippen LogP contribution in [0.3, 0.4) is 0 Å². The van der Waals surface area contributed by atoms with Crippen molar-refractivity contribution < 1.29 is 18.1 Å². The van der Waals surface area contributed by atoms with Crippen molar-refractivity contribution in [1.82, 2.24) is 4.31 Å². The van der Waals surface area contributed by atoms with Gasteiger partial charge in [0.15, 0.2) is 0 Å². The zero-order valence-corrected chi connectivity index (χ0v) is 15.8. The SMILES string of the molecule is CN(c1ccc([N+](=O)[O-])cc1S(=O)(=O)N1CCOCC1)C1CCCCC1. The summed E-state index contributed by atoms with van der Waals surface area (Å²) in [5.41, 5.74) is 0.326. The van der Waals surface area contributed by atoms with E-state index in [1.165, 1.54) is 22.9 Å². The molecule has 0 unspecified atom stereocenters. The molecule has 0 amide bonds. The van der Waals surface area contributed by atoms with Crippen LogP contribution in [-0.4, -0.2) is 57.0 Å². The second kappa shape index (κ2) is 7.89. The number of rotatable bonds is 5. The van der Waals surface area contributed by atoms with Crippen molar-refractivity contribution >= 4 is 21.4 Å². The average Bonchev–Trinajstić information content (AvgIpc) is 2.68. The summed E-state index contributed by atoms with van der Waals surface area (Å²) in [6, 6.07) is 4.40. The number of nitrogens with zero attached hydrogens (tertiary/aromatic N) is 3. The normalized spacial score (nSPS) is 20.0. The number of hydrogen-bond acceptors (Lipinski definition) is 6. The minimum atomic E-state index is -3.83. The van der Waals surface area contributed by atoms with Crippen LogP contribution in [0.2, 0.25) is 0 Å². The van der Waals surface area contributed by atoms with Gasteiger partial charge in [-0.05, 0) is 18.9 Å². The first-order chi connectivity index (χ1) is 12.4. The summed E-state index contributed by atoms with van der Waals surface area (Å²) in [5, 5.41) is 11.2. The molecular formula is C17H25N3O5S. The molecule has 9 heteroatoms. The molecule has 0 bridgehead atoms. The molecule has 2 aliphatic rings. The lowest BCUT2D eigenvalue weighted by Crippen LogP contribution is -2.41. The van der Waals surface area contributed by atoms with Gasteiger partial charge in [0.25, 0.3) is 5.69 Å². The second-order valence-corrected chi connectivity index (χ2v) is 8.73. The molecule has 1 aromatic carbocycles. The molecule has 1 heterocycles. The Morgan fingerprint density at radius 1 is 1.19 bits per heavy atom. The average molecular weight is 383 g/mol. The topological polar surface area (TPSA) is 93.0 Å². The Balaban J connectivity index is 2.02. The Kier molecular flexibility index (Phi) is 5.79. The summed E-state index contributed by atoms with van der Waals surface area (Å²) in [5.74, 6) is 0. The van der Waals surface area contributed by atoms with Gasteiger partial charge in [0.05, 0.1) is 23.8 Å². The number of hydrogen-bond donors (Lipinski definition) is 0. The van der Waals surface area contributed by atoms with Crippen LogP contribution in [0.5, 0.6) is 0 Å². The molecule has 26 heavy (non-hydrogen) atoms. The van der Waals surface area contributed by atoms with Crippen molar-refractivity contribution in [3.63, 3.8) is 0 Å². The van der Waals surface area contributed by atoms with E-state index < -0.39 is 14.9 Å². The van der Waals surface area contributed by atoms with Gasteiger partial charge in [0.1, 0.15) is 4.90 Å². The fourth-order valence-electron chi connectivity index (χ4n) is 3.71. The van der Waals surface area contributed by atoms with Crippen LogP contribution >= 0.6 is 0 Å². The van der Waals surface area contributed by atoms with E-state index in [0.29, 0.717) is 18.9 Å². The van der Waals surface area contributed by atoms with Crippen molar-refractivity contribution in [2.24, 2.45) is 0 Å². The number of anilines is 1. The molecule has 0 aromatic heterocycles. The van der Waals surface area contributed by atoms with Crippen LogP contribution in [0.4, 0.5) is 11.4 Å². The third kappa shape index (κ3) is 3.84. The van der Waals surface area contributed by atoms with Crippen LogP contribution in [0.15, 0.2) is 23.1 Å². The van der Waals surface area contributed by atoms with Crippen molar-refractivity contribution in [2.75, 3.05) is 38.3 Å². The third-order valence-corrected chi connectivity index (χ3v) is 7.17. The minimum absolute atomic E-state index is 0.0154. The summed E-state index contributed by atoms with van der Waals surface area (Å²) in [6.07, 6.45) is 5.44. The molecule has 144 valence electrons. The maximum Gasteiger partial charge on any atom is 0.270 e. The highest BCUT2D eigenvalue weighted by Crippen LogP contribution is 2.34. The molecule has 1 aliphatic heterocycles. The third-order valence-electron chi connectivity index (χ3n) is 5.24. The Morgan fingerprint density at radius 3 is 2.46 bits per heavy atom. The van der Waals surface area contributed by atoms with E-state index in [9.17, 15) is 18.5 Å². The van der Waals surface area contributed by atoms with Gasteiger partial charge in [-0.3, -0.25) is 10.1 Å². The van der Waals surface area contributed by atoms with Gasteiger partial charge >= 0.3 is 0 Å². The minimum Gasteiger partial charge on any atom is -0.379 e. The zero-order chi connectivity index (χ0) is 18.7. The van der Waals surface area contributed by atoms with E-state index in [1.807, 2.05) is 11.9 Å². The molecule has 3 rings (SSSR count). The van der Waals surface area contributed by atoms with Gasteiger partial charge in [-0.2, -0.15) is 4.31 Å². The van der Waals surface area contributed by atoms with E-state index >= 15 is 0 Å². The maximum atomic E-state index is 13.2. The second-order valence-electron chi connectivity index (χ2n) is 6.83. The highest BCUT2D eigenvalue weighted by atomic mass is 32.2. The molecule has 2 fully saturated rings. The standard InChI is InChI=1S/C17H25N3O5S/c1-18(14-5-3-2-4-6-14)16-8-7-15(20(21)22)13-17(16)26(23,24)19-9-11-25-12-10-19/h7-8,13-14H,2-6,9-12H2,1H3. The summed E-state index contributed by atoms with van der Waals surface area (Å²) in [4.78, 5) is 12.6. The predicted molar refractivity (Wildman–Crippen MR) is 98.0 cm³/mol. The predicted octanol–water partition coefficient (Wildman–Crippen LogP) is 2.38. The summed E-state index contributed by atoms with van der Waals surface area (Å²) in [6.45, 7) is 1.19. The quantitative estimate of drug-likeness (QED) is 0.572. The Morgan fingerprint density at radius 2 is 1.85 bits per heavy atom. The van der Waals surface area contributed by atoms with Gasteiger partial charge < -0.3 is 9.64 Å². The van der Waals surface area contributed by atoms with Crippen LogP contribution < -0.4 is 4.90 Å². The van der Waals surface area contributed by atoms with Crippen LogP contribution in [0.25, 0.3) is 0 Å². The van der Waals surface area contributed by atoms with Gasteiger partial charge in [0.2, 0.25) is 10.0 Å².